The summed E-state index contributed by atoms with van der Waals surface area (Å²) < 4.78 is 38.8. The lowest BCUT2D eigenvalue weighted by Crippen LogP contribution is -2.47. The highest BCUT2D eigenvalue weighted by molar-refractivity contribution is 7.89. The average Bonchev–Trinajstić information content (AvgIpc) is 3.24. The molecule has 2 saturated heterocycles. The van der Waals surface area contributed by atoms with Gasteiger partial charge in [-0.25, -0.2) is 8.42 Å². The van der Waals surface area contributed by atoms with E-state index in [9.17, 15) is 18.0 Å². The zero-order valence-electron chi connectivity index (χ0n) is 19.6. The molecule has 1 aromatic rings. The number of rotatable bonds is 8. The molecule has 0 radical (unpaired) electrons. The second-order valence-electron chi connectivity index (χ2n) is 8.44. The van der Waals surface area contributed by atoms with Gasteiger partial charge in [0.25, 0.3) is 0 Å². The minimum atomic E-state index is -3.82. The van der Waals surface area contributed by atoms with Crippen LogP contribution in [-0.4, -0.2) is 94.8 Å². The number of nitrogens with one attached hydrogen (secondary N) is 2. The van der Waals surface area contributed by atoms with Crippen LogP contribution in [0.2, 0.25) is 0 Å². The topological polar surface area (TPSA) is 117 Å². The van der Waals surface area contributed by atoms with Crippen molar-refractivity contribution in [2.75, 3.05) is 59.1 Å². The third-order valence-electron chi connectivity index (χ3n) is 5.80. The smallest absolute Gasteiger partial charge is 0.309 e. The first-order valence-electron chi connectivity index (χ1n) is 11.3. The number of nitrogens with zero attached hydrogens (tertiary/aromatic N) is 2. The maximum Gasteiger partial charge on any atom is 0.309 e. The number of benzene rings is 1. The Balaban J connectivity index is 1.50. The summed E-state index contributed by atoms with van der Waals surface area (Å²) in [7, 11) is -3.82. The van der Waals surface area contributed by atoms with Crippen molar-refractivity contribution >= 4 is 21.8 Å². The van der Waals surface area contributed by atoms with E-state index in [0.717, 1.165) is 31.6 Å². The molecule has 1 atom stereocenters. The SMILES string of the molecule is Cc1cc(C)c(S(=O)(=O)N2CCO[C@@H]2CNC(=O)C(=O)NCCCN2CCOCC2)c(C)c1. The highest BCUT2D eigenvalue weighted by Crippen LogP contribution is 2.28. The summed E-state index contributed by atoms with van der Waals surface area (Å²) in [6, 6.07) is 3.66. The van der Waals surface area contributed by atoms with Gasteiger partial charge in [-0.05, 0) is 44.9 Å². The Hall–Kier alpha value is -2.05. The Labute approximate surface area is 195 Å². The van der Waals surface area contributed by atoms with Gasteiger partial charge in [0.15, 0.2) is 0 Å². The van der Waals surface area contributed by atoms with Gasteiger partial charge in [-0.15, -0.1) is 0 Å². The molecule has 11 heteroatoms. The number of sulfonamides is 1. The Bertz CT molecular complexity index is 939. The molecule has 1 aromatic carbocycles. The molecule has 10 nitrogen and oxygen atoms in total. The third kappa shape index (κ3) is 6.51. The second-order valence-corrected chi connectivity index (χ2v) is 10.3. The highest BCUT2D eigenvalue weighted by Gasteiger charge is 2.38. The van der Waals surface area contributed by atoms with Crippen LogP contribution in [0.4, 0.5) is 0 Å². The van der Waals surface area contributed by atoms with Crippen molar-refractivity contribution in [1.82, 2.24) is 19.8 Å². The van der Waals surface area contributed by atoms with Crippen LogP contribution in [0.5, 0.6) is 0 Å². The maximum atomic E-state index is 13.3. The van der Waals surface area contributed by atoms with Crippen LogP contribution >= 0.6 is 0 Å². The van der Waals surface area contributed by atoms with E-state index in [0.29, 0.717) is 30.9 Å². The zero-order valence-corrected chi connectivity index (χ0v) is 20.4. The second kappa shape index (κ2) is 11.4. The molecule has 33 heavy (non-hydrogen) atoms. The molecule has 2 aliphatic heterocycles. The predicted octanol–water partition coefficient (Wildman–Crippen LogP) is -0.0864. The Kier molecular flexibility index (Phi) is 8.82. The highest BCUT2D eigenvalue weighted by atomic mass is 32.2. The molecule has 0 aromatic heterocycles. The summed E-state index contributed by atoms with van der Waals surface area (Å²) in [6.07, 6.45) is -0.139. The lowest BCUT2D eigenvalue weighted by molar-refractivity contribution is -0.139. The van der Waals surface area contributed by atoms with Crippen molar-refractivity contribution in [3.8, 4) is 0 Å². The minimum Gasteiger partial charge on any atom is -0.379 e. The fourth-order valence-electron chi connectivity index (χ4n) is 4.30. The fourth-order valence-corrected chi connectivity index (χ4v) is 6.23. The van der Waals surface area contributed by atoms with Crippen LogP contribution in [0.25, 0.3) is 0 Å². The van der Waals surface area contributed by atoms with E-state index in [-0.39, 0.29) is 24.6 Å². The molecule has 2 fully saturated rings. The molecular weight excluding hydrogens is 448 g/mol. The van der Waals surface area contributed by atoms with Crippen LogP contribution in [0.1, 0.15) is 23.1 Å². The van der Waals surface area contributed by atoms with Crippen LogP contribution in [0, 0.1) is 20.8 Å². The Morgan fingerprint density at radius 1 is 1.00 bits per heavy atom. The van der Waals surface area contributed by atoms with Crippen LogP contribution in [0.15, 0.2) is 17.0 Å². The fraction of sp³-hybridized carbons (Fsp3) is 0.636. The van der Waals surface area contributed by atoms with Crippen molar-refractivity contribution in [1.29, 1.82) is 0 Å². The van der Waals surface area contributed by atoms with E-state index in [1.54, 1.807) is 13.8 Å². The summed E-state index contributed by atoms with van der Waals surface area (Å²) in [4.78, 5) is 26.8. The zero-order chi connectivity index (χ0) is 24.0. The first-order chi connectivity index (χ1) is 15.7. The van der Waals surface area contributed by atoms with Gasteiger partial charge in [-0.1, -0.05) is 17.7 Å². The number of ether oxygens (including phenoxy) is 2. The van der Waals surface area contributed by atoms with Gasteiger partial charge in [0, 0.05) is 26.2 Å². The van der Waals surface area contributed by atoms with E-state index >= 15 is 0 Å². The molecule has 2 amide bonds. The van der Waals surface area contributed by atoms with Crippen molar-refractivity contribution in [3.05, 3.63) is 28.8 Å². The summed E-state index contributed by atoms with van der Waals surface area (Å²) >= 11 is 0. The molecule has 3 rings (SSSR count). The molecule has 0 unspecified atom stereocenters. The summed E-state index contributed by atoms with van der Waals surface area (Å²) in [5, 5.41) is 5.10. The molecule has 0 aliphatic carbocycles. The van der Waals surface area contributed by atoms with E-state index in [1.165, 1.54) is 4.31 Å². The standard InChI is InChI=1S/C22H34N4O6S/c1-16-13-17(2)20(18(3)14-16)33(29,30)26-9-12-32-19(26)15-24-22(28)21(27)23-5-4-6-25-7-10-31-11-8-25/h13-14,19H,4-12,15H2,1-3H3,(H,23,27)(H,24,28)/t19-/m1/s1. The number of carbonyl (C=O) groups is 2. The molecule has 184 valence electrons. The monoisotopic (exact) mass is 482 g/mol. The van der Waals surface area contributed by atoms with Crippen molar-refractivity contribution < 1.29 is 27.5 Å². The van der Waals surface area contributed by atoms with Gasteiger partial charge in [0.1, 0.15) is 6.23 Å². The van der Waals surface area contributed by atoms with E-state index in [2.05, 4.69) is 15.5 Å². The van der Waals surface area contributed by atoms with Gasteiger partial charge in [-0.2, -0.15) is 4.31 Å². The van der Waals surface area contributed by atoms with E-state index in [1.807, 2.05) is 19.1 Å². The number of carbonyl (C=O) groups excluding carboxylic acids is 2. The van der Waals surface area contributed by atoms with Crippen LogP contribution in [-0.2, 0) is 29.1 Å². The van der Waals surface area contributed by atoms with Crippen LogP contribution < -0.4 is 10.6 Å². The number of hydrogen-bond donors (Lipinski definition) is 2. The van der Waals surface area contributed by atoms with Gasteiger partial charge < -0.3 is 20.1 Å². The predicted molar refractivity (Wildman–Crippen MR) is 122 cm³/mol. The molecule has 2 aliphatic rings. The van der Waals surface area contributed by atoms with Crippen LogP contribution in [0.3, 0.4) is 0 Å². The molecule has 0 saturated carbocycles. The van der Waals surface area contributed by atoms with Crippen molar-refractivity contribution in [3.63, 3.8) is 0 Å². The lowest BCUT2D eigenvalue weighted by atomic mass is 10.1. The first kappa shape index (κ1) is 25.6. The minimum absolute atomic E-state index is 0.108. The van der Waals surface area contributed by atoms with Gasteiger partial charge in [-0.3, -0.25) is 14.5 Å². The molecule has 2 N–H and O–H groups in total. The third-order valence-corrected chi connectivity index (χ3v) is 7.99. The number of hydrogen-bond acceptors (Lipinski definition) is 7. The van der Waals surface area contributed by atoms with E-state index in [4.69, 9.17) is 9.47 Å². The molecule has 2 heterocycles. The Morgan fingerprint density at radius 3 is 2.30 bits per heavy atom. The number of aryl methyl sites for hydroxylation is 3. The lowest BCUT2D eigenvalue weighted by Gasteiger charge is -2.26. The van der Waals surface area contributed by atoms with Crippen molar-refractivity contribution in [2.24, 2.45) is 0 Å². The maximum absolute atomic E-state index is 13.3. The van der Waals surface area contributed by atoms with Gasteiger partial charge in [0.2, 0.25) is 10.0 Å². The van der Waals surface area contributed by atoms with Crippen molar-refractivity contribution in [2.45, 2.75) is 38.3 Å². The average molecular weight is 483 g/mol. The molecule has 0 bridgehead atoms. The number of amides is 2. The van der Waals surface area contributed by atoms with E-state index < -0.39 is 28.1 Å². The summed E-state index contributed by atoms with van der Waals surface area (Å²) in [6.45, 7) is 10.1. The normalized spacial score (nSPS) is 20.0. The van der Waals surface area contributed by atoms with Gasteiger partial charge >= 0.3 is 11.8 Å². The summed E-state index contributed by atoms with van der Waals surface area (Å²) in [5.41, 5.74) is 2.32. The molecular formula is C22H34N4O6S. The molecule has 0 spiro atoms. The number of morpholine rings is 1. The largest absolute Gasteiger partial charge is 0.379 e. The quantitative estimate of drug-likeness (QED) is 0.393. The first-order valence-corrected chi connectivity index (χ1v) is 12.7. The Morgan fingerprint density at radius 2 is 1.64 bits per heavy atom. The van der Waals surface area contributed by atoms with Gasteiger partial charge in [0.05, 0.1) is 31.3 Å². The summed E-state index contributed by atoms with van der Waals surface area (Å²) in [5.74, 6) is -1.55.